The number of carbonyl (C=O) groups excluding carboxylic acids is 2. The molecular weight excluding hydrogens is 392 g/mol. The summed E-state index contributed by atoms with van der Waals surface area (Å²) < 4.78 is 16.3. The van der Waals surface area contributed by atoms with E-state index in [1.807, 2.05) is 6.07 Å². The number of ether oxygens (including phenoxy) is 3. The number of rotatable bonds is 5. The van der Waals surface area contributed by atoms with Gasteiger partial charge in [-0.15, -0.1) is 0 Å². The van der Waals surface area contributed by atoms with Gasteiger partial charge >= 0.3 is 5.97 Å². The molecule has 1 aliphatic rings. The molecule has 7 nitrogen and oxygen atoms in total. The smallest absolute Gasteiger partial charge is 0.340 e. The van der Waals surface area contributed by atoms with Gasteiger partial charge in [-0.05, 0) is 46.6 Å². The first-order chi connectivity index (χ1) is 12.0. The molecule has 25 heavy (non-hydrogen) atoms. The lowest BCUT2D eigenvalue weighted by Crippen LogP contribution is -2.35. The summed E-state index contributed by atoms with van der Waals surface area (Å²) in [4.78, 5) is 28.0. The summed E-state index contributed by atoms with van der Waals surface area (Å²) in [7, 11) is 0. The summed E-state index contributed by atoms with van der Waals surface area (Å²) in [5.74, 6) is 0.321. The summed E-state index contributed by atoms with van der Waals surface area (Å²) in [6.45, 7) is 2.00. The summed E-state index contributed by atoms with van der Waals surface area (Å²) in [5.41, 5.74) is 1.12. The Bertz CT molecular complexity index is 811. The average molecular weight is 407 g/mol. The van der Waals surface area contributed by atoms with Gasteiger partial charge in [-0.25, -0.2) is 4.79 Å². The van der Waals surface area contributed by atoms with E-state index in [0.717, 1.165) is 5.56 Å². The number of aromatic nitrogens is 1. The molecule has 0 fully saturated rings. The number of hydrogen-bond donors (Lipinski definition) is 1. The monoisotopic (exact) mass is 406 g/mol. The lowest BCUT2D eigenvalue weighted by atomic mass is 10.2. The van der Waals surface area contributed by atoms with Crippen LogP contribution in [-0.4, -0.2) is 29.8 Å². The zero-order chi connectivity index (χ0) is 17.8. The lowest BCUT2D eigenvalue weighted by Gasteiger charge is -2.13. The van der Waals surface area contributed by atoms with Gasteiger partial charge in [0.15, 0.2) is 17.6 Å². The zero-order valence-electron chi connectivity index (χ0n) is 13.3. The molecule has 3 rings (SSSR count). The Kier molecular flexibility index (Phi) is 5.18. The Morgan fingerprint density at radius 2 is 2.08 bits per heavy atom. The van der Waals surface area contributed by atoms with Gasteiger partial charge in [0.05, 0.1) is 5.56 Å². The maximum atomic E-state index is 12.1. The second-order valence-electron chi connectivity index (χ2n) is 5.34. The fourth-order valence-electron chi connectivity index (χ4n) is 2.19. The van der Waals surface area contributed by atoms with E-state index < -0.39 is 18.0 Å². The highest BCUT2D eigenvalue weighted by atomic mass is 79.9. The summed E-state index contributed by atoms with van der Waals surface area (Å²) >= 11 is 3.23. The van der Waals surface area contributed by atoms with Crippen molar-refractivity contribution in [2.75, 3.05) is 6.79 Å². The minimum absolute atomic E-state index is 0.197. The molecule has 0 aliphatic carbocycles. The molecule has 1 aromatic heterocycles. The topological polar surface area (TPSA) is 86.8 Å². The predicted molar refractivity (Wildman–Crippen MR) is 91.2 cm³/mol. The third-order valence-electron chi connectivity index (χ3n) is 3.50. The molecule has 0 saturated heterocycles. The van der Waals surface area contributed by atoms with E-state index in [1.165, 1.54) is 13.1 Å². The molecule has 130 valence electrons. The van der Waals surface area contributed by atoms with E-state index >= 15 is 0 Å². The van der Waals surface area contributed by atoms with Crippen molar-refractivity contribution in [2.24, 2.45) is 0 Å². The number of benzene rings is 1. The van der Waals surface area contributed by atoms with Crippen molar-refractivity contribution in [3.05, 3.63) is 52.3 Å². The van der Waals surface area contributed by atoms with Gasteiger partial charge < -0.3 is 19.5 Å². The lowest BCUT2D eigenvalue weighted by molar-refractivity contribution is -0.129. The van der Waals surface area contributed by atoms with Crippen molar-refractivity contribution in [3.8, 4) is 11.5 Å². The molecule has 8 heteroatoms. The van der Waals surface area contributed by atoms with Gasteiger partial charge in [-0.2, -0.15) is 0 Å². The summed E-state index contributed by atoms with van der Waals surface area (Å²) in [6, 6.07) is 6.99. The number of fused-ring (bicyclic) bond motifs is 1. The molecule has 0 saturated carbocycles. The Balaban J connectivity index is 1.53. The normalized spacial score (nSPS) is 13.2. The average Bonchev–Trinajstić information content (AvgIpc) is 3.07. The van der Waals surface area contributed by atoms with Gasteiger partial charge in [-0.1, -0.05) is 6.07 Å². The molecule has 1 aromatic carbocycles. The quantitative estimate of drug-likeness (QED) is 0.767. The molecule has 1 atom stereocenters. The van der Waals surface area contributed by atoms with Crippen molar-refractivity contribution in [2.45, 2.75) is 19.6 Å². The van der Waals surface area contributed by atoms with Gasteiger partial charge in [-0.3, -0.25) is 9.78 Å². The van der Waals surface area contributed by atoms with Crippen molar-refractivity contribution >= 4 is 27.8 Å². The number of esters is 1. The maximum absolute atomic E-state index is 12.1. The van der Waals surface area contributed by atoms with Crippen LogP contribution in [0, 0.1) is 0 Å². The number of pyridine rings is 1. The first kappa shape index (κ1) is 17.2. The van der Waals surface area contributed by atoms with Gasteiger partial charge in [0.2, 0.25) is 6.79 Å². The predicted octanol–water partition coefficient (Wildman–Crippen LogP) is 2.43. The van der Waals surface area contributed by atoms with Crippen molar-refractivity contribution in [1.29, 1.82) is 0 Å². The molecule has 1 amide bonds. The van der Waals surface area contributed by atoms with Crippen LogP contribution in [0.2, 0.25) is 0 Å². The minimum atomic E-state index is -0.930. The van der Waals surface area contributed by atoms with E-state index in [9.17, 15) is 9.59 Å². The highest BCUT2D eigenvalue weighted by Crippen LogP contribution is 2.32. The molecular formula is C17H15BrN2O5. The Labute approximate surface area is 152 Å². The molecule has 1 unspecified atom stereocenters. The van der Waals surface area contributed by atoms with Crippen LogP contribution in [0.3, 0.4) is 0 Å². The molecule has 2 aromatic rings. The minimum Gasteiger partial charge on any atom is -0.454 e. The van der Waals surface area contributed by atoms with Crippen molar-refractivity contribution in [3.63, 3.8) is 0 Å². The SMILES string of the molecule is CC(OC(=O)c1cncc(Br)c1)C(=O)NCc1ccc2c(c1)OCO2. The van der Waals surface area contributed by atoms with Crippen LogP contribution in [0.5, 0.6) is 11.5 Å². The van der Waals surface area contributed by atoms with E-state index in [1.54, 1.807) is 24.4 Å². The van der Waals surface area contributed by atoms with E-state index in [0.29, 0.717) is 16.0 Å². The van der Waals surface area contributed by atoms with E-state index in [-0.39, 0.29) is 18.9 Å². The van der Waals surface area contributed by atoms with Crippen LogP contribution in [0.15, 0.2) is 41.1 Å². The van der Waals surface area contributed by atoms with Crippen LogP contribution in [0.1, 0.15) is 22.8 Å². The third-order valence-corrected chi connectivity index (χ3v) is 3.93. The number of amides is 1. The molecule has 0 radical (unpaired) electrons. The van der Waals surface area contributed by atoms with Gasteiger partial charge in [0, 0.05) is 23.4 Å². The number of hydrogen-bond acceptors (Lipinski definition) is 6. The first-order valence-corrected chi connectivity index (χ1v) is 8.30. The Morgan fingerprint density at radius 3 is 2.88 bits per heavy atom. The number of carbonyl (C=O) groups is 2. The standard InChI is InChI=1S/C17H15BrN2O5/c1-10(25-17(22)12-5-13(18)8-19-7-12)16(21)20-6-11-2-3-14-15(4-11)24-9-23-14/h2-5,7-8,10H,6,9H2,1H3,(H,20,21). The Morgan fingerprint density at radius 1 is 1.28 bits per heavy atom. The summed E-state index contributed by atoms with van der Waals surface area (Å²) in [6.07, 6.45) is 2.00. The molecule has 1 aliphatic heterocycles. The van der Waals surface area contributed by atoms with Crippen LogP contribution in [-0.2, 0) is 16.1 Å². The van der Waals surface area contributed by atoms with Crippen LogP contribution < -0.4 is 14.8 Å². The van der Waals surface area contributed by atoms with Crippen LogP contribution in [0.25, 0.3) is 0 Å². The highest BCUT2D eigenvalue weighted by molar-refractivity contribution is 9.10. The Hall–Kier alpha value is -2.61. The van der Waals surface area contributed by atoms with Crippen LogP contribution in [0.4, 0.5) is 0 Å². The molecule has 0 bridgehead atoms. The maximum Gasteiger partial charge on any atom is 0.340 e. The highest BCUT2D eigenvalue weighted by Gasteiger charge is 2.19. The fourth-order valence-corrected chi connectivity index (χ4v) is 2.55. The van der Waals surface area contributed by atoms with Crippen molar-refractivity contribution in [1.82, 2.24) is 10.3 Å². The fraction of sp³-hybridized carbons (Fsp3) is 0.235. The van der Waals surface area contributed by atoms with Gasteiger partial charge in [0.1, 0.15) is 0 Å². The van der Waals surface area contributed by atoms with Crippen LogP contribution >= 0.6 is 15.9 Å². The second-order valence-corrected chi connectivity index (χ2v) is 6.26. The largest absolute Gasteiger partial charge is 0.454 e. The second kappa shape index (κ2) is 7.52. The van der Waals surface area contributed by atoms with Crippen molar-refractivity contribution < 1.29 is 23.8 Å². The zero-order valence-corrected chi connectivity index (χ0v) is 14.9. The first-order valence-electron chi connectivity index (χ1n) is 7.50. The number of nitrogens with one attached hydrogen (secondary N) is 1. The summed E-state index contributed by atoms with van der Waals surface area (Å²) in [5, 5.41) is 2.72. The molecule has 1 N–H and O–H groups in total. The molecule has 0 spiro atoms. The number of halogens is 1. The van der Waals surface area contributed by atoms with Gasteiger partial charge in [0.25, 0.3) is 5.91 Å². The van der Waals surface area contributed by atoms with E-state index in [2.05, 4.69) is 26.2 Å². The number of nitrogens with zero attached hydrogens (tertiary/aromatic N) is 1. The molecule has 2 heterocycles. The third kappa shape index (κ3) is 4.27. The van der Waals surface area contributed by atoms with E-state index in [4.69, 9.17) is 14.2 Å².